The van der Waals surface area contributed by atoms with Crippen LogP contribution >= 0.6 is 0 Å². The summed E-state index contributed by atoms with van der Waals surface area (Å²) in [4.78, 5) is 26.8. The number of amides is 3. The zero-order valence-electron chi connectivity index (χ0n) is 15.3. The van der Waals surface area contributed by atoms with Crippen molar-refractivity contribution in [2.24, 2.45) is 0 Å². The molecule has 7 nitrogen and oxygen atoms in total. The van der Waals surface area contributed by atoms with Gasteiger partial charge in [-0.15, -0.1) is 0 Å². The minimum absolute atomic E-state index is 0.279. The Morgan fingerprint density at radius 1 is 0.963 bits per heavy atom. The summed E-state index contributed by atoms with van der Waals surface area (Å²) in [7, 11) is 0. The number of benzene rings is 2. The number of piperazine rings is 1. The highest BCUT2D eigenvalue weighted by molar-refractivity contribution is 6.00. The Hall–Kier alpha value is -3.22. The number of hydrogen-bond acceptors (Lipinski definition) is 3. The van der Waals surface area contributed by atoms with E-state index in [-0.39, 0.29) is 6.03 Å². The summed E-state index contributed by atoms with van der Waals surface area (Å²) in [5, 5.41) is 14.7. The molecule has 1 saturated heterocycles. The van der Waals surface area contributed by atoms with E-state index < -0.39 is 6.09 Å². The summed E-state index contributed by atoms with van der Waals surface area (Å²) < 4.78 is 0. The summed E-state index contributed by atoms with van der Waals surface area (Å²) >= 11 is 0. The third kappa shape index (κ3) is 4.69. The summed E-state index contributed by atoms with van der Waals surface area (Å²) in [5.74, 6) is 0. The van der Waals surface area contributed by atoms with Gasteiger partial charge in [-0.25, -0.2) is 9.59 Å². The van der Waals surface area contributed by atoms with E-state index in [1.807, 2.05) is 55.5 Å². The van der Waals surface area contributed by atoms with Crippen molar-refractivity contribution >= 4 is 29.2 Å². The van der Waals surface area contributed by atoms with Crippen LogP contribution < -0.4 is 15.5 Å². The molecule has 1 aliphatic rings. The molecule has 3 amide bonds. The Balaban J connectivity index is 1.56. The monoisotopic (exact) mass is 368 g/mol. The molecule has 0 saturated carbocycles. The van der Waals surface area contributed by atoms with Crippen LogP contribution in [0.5, 0.6) is 0 Å². The molecule has 1 aliphatic heterocycles. The van der Waals surface area contributed by atoms with Crippen LogP contribution in [0.3, 0.4) is 0 Å². The lowest BCUT2D eigenvalue weighted by molar-refractivity contribution is 0.142. The maximum absolute atomic E-state index is 12.2. The highest BCUT2D eigenvalue weighted by Gasteiger charge is 2.20. The average Bonchev–Trinajstić information content (AvgIpc) is 2.69. The number of anilines is 3. The third-order valence-electron chi connectivity index (χ3n) is 4.69. The lowest BCUT2D eigenvalue weighted by atomic mass is 10.1. The molecule has 0 aromatic heterocycles. The molecule has 1 fully saturated rings. The first-order valence-electron chi connectivity index (χ1n) is 9.05. The number of carboxylic acid groups (broad SMARTS) is 1. The number of rotatable bonds is 4. The number of nitrogens with zero attached hydrogens (tertiary/aromatic N) is 2. The maximum Gasteiger partial charge on any atom is 0.407 e. The molecule has 2 aromatic carbocycles. The number of carbonyl (C=O) groups is 2. The van der Waals surface area contributed by atoms with E-state index in [0.717, 1.165) is 23.4 Å². The molecule has 3 rings (SSSR count). The molecule has 0 unspecified atom stereocenters. The van der Waals surface area contributed by atoms with Crippen molar-refractivity contribution in [3.05, 3.63) is 54.1 Å². The Morgan fingerprint density at radius 3 is 2.26 bits per heavy atom. The molecular formula is C20H24N4O3. The van der Waals surface area contributed by atoms with Crippen molar-refractivity contribution < 1.29 is 14.7 Å². The van der Waals surface area contributed by atoms with Crippen LogP contribution in [0.4, 0.5) is 26.7 Å². The molecule has 0 radical (unpaired) electrons. The van der Waals surface area contributed by atoms with Gasteiger partial charge < -0.3 is 25.5 Å². The summed E-state index contributed by atoms with van der Waals surface area (Å²) in [6, 6.07) is 15.0. The van der Waals surface area contributed by atoms with Gasteiger partial charge in [0.1, 0.15) is 0 Å². The van der Waals surface area contributed by atoms with Gasteiger partial charge in [-0.1, -0.05) is 25.1 Å². The molecular weight excluding hydrogens is 344 g/mol. The van der Waals surface area contributed by atoms with E-state index in [1.165, 1.54) is 4.90 Å². The summed E-state index contributed by atoms with van der Waals surface area (Å²) in [5.41, 5.74) is 3.62. The van der Waals surface area contributed by atoms with Crippen LogP contribution in [0.15, 0.2) is 48.5 Å². The van der Waals surface area contributed by atoms with E-state index in [1.54, 1.807) is 0 Å². The minimum Gasteiger partial charge on any atom is -0.465 e. The SMILES string of the molecule is CCc1ccccc1NC(=O)Nc1ccc(N2CCN(C(=O)O)CC2)cc1. The summed E-state index contributed by atoms with van der Waals surface area (Å²) in [6.07, 6.45) is -0.0230. The lowest BCUT2D eigenvalue weighted by Gasteiger charge is -2.34. The Bertz CT molecular complexity index is 799. The second-order valence-electron chi connectivity index (χ2n) is 6.39. The first kappa shape index (κ1) is 18.6. The number of carbonyl (C=O) groups excluding carboxylic acids is 1. The van der Waals surface area contributed by atoms with Gasteiger partial charge in [-0.05, 0) is 42.3 Å². The van der Waals surface area contributed by atoms with E-state index in [4.69, 9.17) is 5.11 Å². The molecule has 3 N–H and O–H groups in total. The van der Waals surface area contributed by atoms with Crippen LogP contribution in [0, 0.1) is 0 Å². The molecule has 7 heteroatoms. The maximum atomic E-state index is 12.2. The topological polar surface area (TPSA) is 84.9 Å². The Kier molecular flexibility index (Phi) is 5.80. The Morgan fingerprint density at radius 2 is 1.63 bits per heavy atom. The number of para-hydroxylation sites is 1. The fourth-order valence-corrected chi connectivity index (χ4v) is 3.15. The highest BCUT2D eigenvalue weighted by atomic mass is 16.4. The van der Waals surface area contributed by atoms with E-state index >= 15 is 0 Å². The highest BCUT2D eigenvalue weighted by Crippen LogP contribution is 2.20. The minimum atomic E-state index is -0.871. The normalized spacial score (nSPS) is 14.0. The predicted octanol–water partition coefficient (Wildman–Crippen LogP) is 3.69. The first-order chi connectivity index (χ1) is 13.1. The molecule has 1 heterocycles. The molecule has 0 bridgehead atoms. The van der Waals surface area contributed by atoms with Crippen LogP contribution in [-0.2, 0) is 6.42 Å². The van der Waals surface area contributed by atoms with Gasteiger partial charge in [0.05, 0.1) is 0 Å². The van der Waals surface area contributed by atoms with E-state index in [0.29, 0.717) is 31.9 Å². The van der Waals surface area contributed by atoms with Gasteiger partial charge >= 0.3 is 12.1 Å². The Labute approximate surface area is 158 Å². The van der Waals surface area contributed by atoms with Crippen LogP contribution in [0.2, 0.25) is 0 Å². The number of hydrogen-bond donors (Lipinski definition) is 3. The largest absolute Gasteiger partial charge is 0.465 e. The second kappa shape index (κ2) is 8.44. The molecule has 0 atom stereocenters. The van der Waals surface area contributed by atoms with Crippen LogP contribution in [0.25, 0.3) is 0 Å². The number of aryl methyl sites for hydroxylation is 1. The lowest BCUT2D eigenvalue weighted by Crippen LogP contribution is -2.48. The second-order valence-corrected chi connectivity index (χ2v) is 6.39. The van der Waals surface area contributed by atoms with Gasteiger partial charge in [-0.2, -0.15) is 0 Å². The van der Waals surface area contributed by atoms with Crippen molar-refractivity contribution in [1.29, 1.82) is 0 Å². The fraction of sp³-hybridized carbons (Fsp3) is 0.300. The molecule has 0 aliphatic carbocycles. The van der Waals surface area contributed by atoms with Crippen molar-refractivity contribution in [3.8, 4) is 0 Å². The molecule has 0 spiro atoms. The van der Waals surface area contributed by atoms with Gasteiger partial charge in [0, 0.05) is 43.2 Å². The summed E-state index contributed by atoms with van der Waals surface area (Å²) in [6.45, 7) is 4.36. The van der Waals surface area contributed by atoms with Crippen LogP contribution in [0.1, 0.15) is 12.5 Å². The van der Waals surface area contributed by atoms with Crippen molar-refractivity contribution in [2.45, 2.75) is 13.3 Å². The van der Waals surface area contributed by atoms with E-state index in [9.17, 15) is 9.59 Å². The standard InChI is InChI=1S/C20H24N4O3/c1-2-15-5-3-4-6-18(15)22-19(25)21-16-7-9-17(10-8-16)23-11-13-24(14-12-23)20(26)27/h3-10H,2,11-14H2,1H3,(H,26,27)(H2,21,22,25). The quantitative estimate of drug-likeness (QED) is 0.768. The zero-order chi connectivity index (χ0) is 19.2. The van der Waals surface area contributed by atoms with Crippen LogP contribution in [-0.4, -0.2) is 48.3 Å². The number of nitrogens with one attached hydrogen (secondary N) is 2. The molecule has 2 aromatic rings. The van der Waals surface area contributed by atoms with Crippen molar-refractivity contribution in [3.63, 3.8) is 0 Å². The van der Waals surface area contributed by atoms with Gasteiger partial charge in [-0.3, -0.25) is 0 Å². The zero-order valence-corrected chi connectivity index (χ0v) is 15.3. The third-order valence-corrected chi connectivity index (χ3v) is 4.69. The fourth-order valence-electron chi connectivity index (χ4n) is 3.15. The number of urea groups is 1. The molecule has 27 heavy (non-hydrogen) atoms. The van der Waals surface area contributed by atoms with Gasteiger partial charge in [0.25, 0.3) is 0 Å². The molecule has 142 valence electrons. The van der Waals surface area contributed by atoms with Crippen molar-refractivity contribution in [1.82, 2.24) is 4.90 Å². The smallest absolute Gasteiger partial charge is 0.407 e. The van der Waals surface area contributed by atoms with Crippen molar-refractivity contribution in [2.75, 3.05) is 41.7 Å². The van der Waals surface area contributed by atoms with E-state index in [2.05, 4.69) is 15.5 Å². The average molecular weight is 368 g/mol. The van der Waals surface area contributed by atoms with Gasteiger partial charge in [0.15, 0.2) is 0 Å². The first-order valence-corrected chi connectivity index (χ1v) is 9.05. The van der Waals surface area contributed by atoms with Gasteiger partial charge in [0.2, 0.25) is 0 Å². The predicted molar refractivity (Wildman–Crippen MR) is 107 cm³/mol.